The van der Waals surface area contributed by atoms with Gasteiger partial charge in [-0.2, -0.15) is 0 Å². The number of hydrogen-bond donors (Lipinski definition) is 2. The van der Waals surface area contributed by atoms with E-state index in [1.54, 1.807) is 0 Å². The van der Waals surface area contributed by atoms with Crippen LogP contribution in [0.4, 0.5) is 0 Å². The van der Waals surface area contributed by atoms with Crippen molar-refractivity contribution in [2.45, 2.75) is 45.6 Å². The molecule has 2 fully saturated rings. The fourth-order valence-electron chi connectivity index (χ4n) is 2.61. The Labute approximate surface area is 103 Å². The molecule has 2 aliphatic rings. The van der Waals surface area contributed by atoms with Crippen molar-refractivity contribution < 1.29 is 9.53 Å². The predicted molar refractivity (Wildman–Crippen MR) is 66.5 cm³/mol. The number of ether oxygens (including phenoxy) is 1. The van der Waals surface area contributed by atoms with Crippen molar-refractivity contribution in [1.82, 2.24) is 5.32 Å². The molecule has 0 aromatic rings. The van der Waals surface area contributed by atoms with E-state index in [-0.39, 0.29) is 11.9 Å². The van der Waals surface area contributed by atoms with Crippen LogP contribution in [0, 0.1) is 10.8 Å². The van der Waals surface area contributed by atoms with Crippen LogP contribution >= 0.6 is 0 Å². The first-order chi connectivity index (χ1) is 8.02. The molecule has 1 saturated carbocycles. The molecule has 4 nitrogen and oxygen atoms in total. The van der Waals surface area contributed by atoms with Gasteiger partial charge in [0.15, 0.2) is 0 Å². The zero-order valence-electron chi connectivity index (χ0n) is 10.9. The third-order valence-corrected chi connectivity index (χ3v) is 4.40. The minimum absolute atomic E-state index is 0.0601. The largest absolute Gasteiger partial charge is 0.379 e. The molecule has 1 amide bonds. The van der Waals surface area contributed by atoms with Crippen LogP contribution in [0.2, 0.25) is 0 Å². The zero-order chi connectivity index (χ0) is 12.5. The first-order valence-electron chi connectivity index (χ1n) is 6.64. The molecule has 17 heavy (non-hydrogen) atoms. The van der Waals surface area contributed by atoms with E-state index in [1.807, 2.05) is 6.92 Å². The quantitative estimate of drug-likeness (QED) is 0.755. The van der Waals surface area contributed by atoms with Gasteiger partial charge in [0.1, 0.15) is 0 Å². The molecule has 0 bridgehead atoms. The van der Waals surface area contributed by atoms with Crippen LogP contribution in [0.3, 0.4) is 0 Å². The van der Waals surface area contributed by atoms with Gasteiger partial charge < -0.3 is 15.8 Å². The van der Waals surface area contributed by atoms with Crippen molar-refractivity contribution in [2.75, 3.05) is 19.8 Å². The molecule has 1 aliphatic carbocycles. The standard InChI is InChI=1S/C13H24N2O2/c1-3-4-13(5-6-13)8-15-11(16)12(2)9-17-7-10(12)14/h10H,3-9,14H2,1-2H3,(H,15,16). The molecule has 1 heterocycles. The summed E-state index contributed by atoms with van der Waals surface area (Å²) in [5, 5.41) is 3.08. The zero-order valence-corrected chi connectivity index (χ0v) is 10.9. The summed E-state index contributed by atoms with van der Waals surface area (Å²) < 4.78 is 5.30. The van der Waals surface area contributed by atoms with Crippen LogP contribution in [-0.2, 0) is 9.53 Å². The monoisotopic (exact) mass is 240 g/mol. The van der Waals surface area contributed by atoms with Gasteiger partial charge in [0, 0.05) is 12.6 Å². The number of carbonyl (C=O) groups excluding carboxylic acids is 1. The summed E-state index contributed by atoms with van der Waals surface area (Å²) in [4.78, 5) is 12.2. The van der Waals surface area contributed by atoms with Crippen molar-refractivity contribution in [1.29, 1.82) is 0 Å². The maximum absolute atomic E-state index is 12.2. The molecule has 0 aromatic carbocycles. The number of nitrogens with one attached hydrogen (secondary N) is 1. The van der Waals surface area contributed by atoms with E-state index in [0.29, 0.717) is 18.6 Å². The van der Waals surface area contributed by atoms with E-state index >= 15 is 0 Å². The lowest BCUT2D eigenvalue weighted by Crippen LogP contribution is -2.50. The minimum Gasteiger partial charge on any atom is -0.379 e. The Balaban J connectivity index is 1.85. The fraction of sp³-hybridized carbons (Fsp3) is 0.923. The fourth-order valence-corrected chi connectivity index (χ4v) is 2.61. The summed E-state index contributed by atoms with van der Waals surface area (Å²) >= 11 is 0. The maximum atomic E-state index is 12.2. The van der Waals surface area contributed by atoms with Gasteiger partial charge >= 0.3 is 0 Å². The van der Waals surface area contributed by atoms with Crippen molar-refractivity contribution in [2.24, 2.45) is 16.6 Å². The van der Waals surface area contributed by atoms with Gasteiger partial charge in [0.05, 0.1) is 18.6 Å². The highest BCUT2D eigenvalue weighted by Crippen LogP contribution is 2.49. The minimum atomic E-state index is -0.539. The lowest BCUT2D eigenvalue weighted by Gasteiger charge is -2.27. The van der Waals surface area contributed by atoms with Crippen LogP contribution in [-0.4, -0.2) is 31.7 Å². The van der Waals surface area contributed by atoms with E-state index in [4.69, 9.17) is 10.5 Å². The molecule has 2 unspecified atom stereocenters. The Hall–Kier alpha value is -0.610. The van der Waals surface area contributed by atoms with E-state index in [9.17, 15) is 4.79 Å². The summed E-state index contributed by atoms with van der Waals surface area (Å²) in [5.41, 5.74) is 5.80. The summed E-state index contributed by atoms with van der Waals surface area (Å²) in [6, 6.07) is -0.177. The van der Waals surface area contributed by atoms with E-state index < -0.39 is 5.41 Å². The number of hydrogen-bond acceptors (Lipinski definition) is 3. The van der Waals surface area contributed by atoms with Crippen molar-refractivity contribution >= 4 is 5.91 Å². The van der Waals surface area contributed by atoms with Gasteiger partial charge in [-0.1, -0.05) is 13.3 Å². The van der Waals surface area contributed by atoms with Crippen LogP contribution in [0.25, 0.3) is 0 Å². The smallest absolute Gasteiger partial charge is 0.229 e. The Kier molecular flexibility index (Phi) is 3.46. The van der Waals surface area contributed by atoms with Crippen molar-refractivity contribution in [3.63, 3.8) is 0 Å². The molecule has 4 heteroatoms. The topological polar surface area (TPSA) is 64.3 Å². The molecular weight excluding hydrogens is 216 g/mol. The Morgan fingerprint density at radius 1 is 1.53 bits per heavy atom. The molecule has 98 valence electrons. The normalized spacial score (nSPS) is 34.6. The molecule has 0 aromatic heterocycles. The van der Waals surface area contributed by atoms with Crippen LogP contribution in [0.15, 0.2) is 0 Å². The molecule has 1 saturated heterocycles. The summed E-state index contributed by atoms with van der Waals surface area (Å²) in [7, 11) is 0. The van der Waals surface area contributed by atoms with Crippen molar-refractivity contribution in [3.8, 4) is 0 Å². The second-order valence-electron chi connectivity index (χ2n) is 5.97. The first kappa shape index (κ1) is 12.8. The summed E-state index contributed by atoms with van der Waals surface area (Å²) in [6.07, 6.45) is 4.91. The number of nitrogens with two attached hydrogens (primary N) is 1. The predicted octanol–water partition coefficient (Wildman–Crippen LogP) is 1.05. The second-order valence-corrected chi connectivity index (χ2v) is 5.97. The lowest BCUT2D eigenvalue weighted by atomic mass is 9.84. The van der Waals surface area contributed by atoms with Gasteiger partial charge in [0.25, 0.3) is 0 Å². The highest BCUT2D eigenvalue weighted by atomic mass is 16.5. The molecule has 0 radical (unpaired) electrons. The first-order valence-corrected chi connectivity index (χ1v) is 6.64. The van der Waals surface area contributed by atoms with E-state index in [2.05, 4.69) is 12.2 Å². The molecule has 0 spiro atoms. The van der Waals surface area contributed by atoms with Gasteiger partial charge in [-0.05, 0) is 31.6 Å². The molecule has 3 N–H and O–H groups in total. The maximum Gasteiger partial charge on any atom is 0.229 e. The Morgan fingerprint density at radius 2 is 2.24 bits per heavy atom. The van der Waals surface area contributed by atoms with Gasteiger partial charge in [-0.25, -0.2) is 0 Å². The number of rotatable bonds is 5. The number of amides is 1. The highest BCUT2D eigenvalue weighted by molar-refractivity contribution is 5.83. The summed E-state index contributed by atoms with van der Waals surface area (Å²) in [5.74, 6) is 0.0601. The Morgan fingerprint density at radius 3 is 2.71 bits per heavy atom. The van der Waals surface area contributed by atoms with Gasteiger partial charge in [-0.15, -0.1) is 0 Å². The molecule has 2 rings (SSSR count). The van der Waals surface area contributed by atoms with E-state index in [1.165, 1.54) is 25.7 Å². The number of carbonyl (C=O) groups is 1. The lowest BCUT2D eigenvalue weighted by molar-refractivity contribution is -0.130. The van der Waals surface area contributed by atoms with Crippen LogP contribution in [0.1, 0.15) is 39.5 Å². The van der Waals surface area contributed by atoms with Gasteiger partial charge in [-0.3, -0.25) is 4.79 Å². The highest BCUT2D eigenvalue weighted by Gasteiger charge is 2.46. The van der Waals surface area contributed by atoms with E-state index in [0.717, 1.165) is 6.54 Å². The average Bonchev–Trinajstić information content (AvgIpc) is 2.98. The third kappa shape index (κ3) is 2.47. The van der Waals surface area contributed by atoms with Crippen LogP contribution in [0.5, 0.6) is 0 Å². The SMILES string of the molecule is CCCC1(CNC(=O)C2(C)COCC2N)CC1. The average molecular weight is 240 g/mol. The molecular formula is C13H24N2O2. The van der Waals surface area contributed by atoms with Crippen molar-refractivity contribution in [3.05, 3.63) is 0 Å². The van der Waals surface area contributed by atoms with Gasteiger partial charge in [0.2, 0.25) is 5.91 Å². The Bertz CT molecular complexity index is 302. The van der Waals surface area contributed by atoms with Crippen LogP contribution < -0.4 is 11.1 Å². The molecule has 2 atom stereocenters. The third-order valence-electron chi connectivity index (χ3n) is 4.40. The molecule has 1 aliphatic heterocycles. The second kappa shape index (κ2) is 4.58. The summed E-state index contributed by atoms with van der Waals surface area (Å²) in [6.45, 7) is 5.84.